The van der Waals surface area contributed by atoms with Crippen LogP contribution in [0.5, 0.6) is 0 Å². The smallest absolute Gasteiger partial charge is 0.416 e. The number of rotatable bonds is 11. The number of aromatic carboxylic acids is 1. The van der Waals surface area contributed by atoms with E-state index in [1.807, 2.05) is 0 Å². The molecule has 2 aromatic carbocycles. The number of alkyl halides is 3. The zero-order valence-electron chi connectivity index (χ0n) is 23.5. The molecule has 228 valence electrons. The Morgan fingerprint density at radius 2 is 1.63 bits per heavy atom. The third-order valence-corrected chi connectivity index (χ3v) is 6.74. The molecule has 5 N–H and O–H groups in total. The molecule has 0 aliphatic heterocycles. The fourth-order valence-corrected chi connectivity index (χ4v) is 4.54. The van der Waals surface area contributed by atoms with Gasteiger partial charge < -0.3 is 25.8 Å². The number of thiophene rings is 1. The van der Waals surface area contributed by atoms with Crippen molar-refractivity contribution in [3.8, 4) is 10.4 Å². The summed E-state index contributed by atoms with van der Waals surface area (Å²) >= 11 is 1.13. The Hall–Kier alpha value is -4.72. The van der Waals surface area contributed by atoms with Gasteiger partial charge in [-0.15, -0.1) is 11.3 Å². The quantitative estimate of drug-likeness (QED) is 0.113. The molecule has 0 aliphatic carbocycles. The summed E-state index contributed by atoms with van der Waals surface area (Å²) in [5, 5.41) is 21.3. The van der Waals surface area contributed by atoms with Crippen molar-refractivity contribution in [2.24, 2.45) is 5.11 Å². The van der Waals surface area contributed by atoms with Gasteiger partial charge in [-0.05, 0) is 87.4 Å². The Morgan fingerprint density at radius 1 is 0.977 bits per heavy atom. The number of anilines is 1. The molecule has 10 nitrogen and oxygen atoms in total. The third-order valence-electron chi connectivity index (χ3n) is 5.61. The van der Waals surface area contributed by atoms with E-state index >= 15 is 0 Å². The highest BCUT2D eigenvalue weighted by molar-refractivity contribution is 7.17. The minimum atomic E-state index is -4.48. The maximum atomic E-state index is 12.8. The Balaban J connectivity index is 1.70. The van der Waals surface area contributed by atoms with E-state index in [1.54, 1.807) is 39.0 Å². The van der Waals surface area contributed by atoms with Gasteiger partial charge in [-0.1, -0.05) is 0 Å². The molecule has 0 saturated carbocycles. The fourth-order valence-electron chi connectivity index (χ4n) is 3.63. The van der Waals surface area contributed by atoms with Crippen LogP contribution in [-0.4, -0.2) is 41.8 Å². The highest BCUT2D eigenvalue weighted by Crippen LogP contribution is 2.33. The number of hydrogen-bond donors (Lipinski definition) is 5. The summed E-state index contributed by atoms with van der Waals surface area (Å²) < 4.78 is 43.6. The van der Waals surface area contributed by atoms with Crippen molar-refractivity contribution in [1.29, 1.82) is 5.53 Å². The summed E-state index contributed by atoms with van der Waals surface area (Å²) in [4.78, 5) is 37.1. The molecular formula is C29H30F3N5O5S. The summed E-state index contributed by atoms with van der Waals surface area (Å²) in [6.07, 6.45) is -3.27. The van der Waals surface area contributed by atoms with Crippen LogP contribution in [0.4, 0.5) is 23.7 Å². The van der Waals surface area contributed by atoms with Crippen molar-refractivity contribution < 1.29 is 37.4 Å². The number of hydrogen-bond acceptors (Lipinski definition) is 8. The van der Waals surface area contributed by atoms with Crippen LogP contribution in [0, 0.1) is 5.53 Å². The number of carboxylic acid groups (broad SMARTS) is 1. The summed E-state index contributed by atoms with van der Waals surface area (Å²) in [5.74, 6) is -1.57. The fraction of sp³-hybridized carbons (Fsp3) is 0.276. The first-order chi connectivity index (χ1) is 20.2. The Bertz CT molecular complexity index is 1510. The maximum absolute atomic E-state index is 12.8. The number of nitrogens with zero attached hydrogens (tertiary/aromatic N) is 1. The lowest BCUT2D eigenvalue weighted by molar-refractivity contribution is -0.137. The first kappa shape index (κ1) is 32.8. The number of alkyl carbamates (subject to hydrolysis) is 1. The lowest BCUT2D eigenvalue weighted by Crippen LogP contribution is -2.34. The maximum Gasteiger partial charge on any atom is 0.416 e. The second-order valence-electron chi connectivity index (χ2n) is 10.2. The lowest BCUT2D eigenvalue weighted by Gasteiger charge is -2.19. The minimum absolute atomic E-state index is 0.0266. The van der Waals surface area contributed by atoms with Crippen LogP contribution in [0.15, 0.2) is 65.9 Å². The van der Waals surface area contributed by atoms with Gasteiger partial charge in [0.25, 0.3) is 5.91 Å². The molecule has 0 aliphatic rings. The highest BCUT2D eigenvalue weighted by atomic mass is 32.1. The molecule has 0 unspecified atom stereocenters. The largest absolute Gasteiger partial charge is 0.478 e. The van der Waals surface area contributed by atoms with Crippen LogP contribution in [0.2, 0.25) is 0 Å². The molecule has 0 atom stereocenters. The van der Waals surface area contributed by atoms with E-state index in [0.717, 1.165) is 23.5 Å². The van der Waals surface area contributed by atoms with E-state index in [1.165, 1.54) is 30.5 Å². The monoisotopic (exact) mass is 617 g/mol. The number of benzene rings is 2. The van der Waals surface area contributed by atoms with Gasteiger partial charge >= 0.3 is 18.2 Å². The van der Waals surface area contributed by atoms with Crippen LogP contribution in [0.1, 0.15) is 58.3 Å². The van der Waals surface area contributed by atoms with Crippen molar-refractivity contribution in [3.63, 3.8) is 0 Å². The molecule has 0 bridgehead atoms. The molecule has 1 aromatic heterocycles. The summed E-state index contributed by atoms with van der Waals surface area (Å²) in [6, 6.07) is 11.8. The van der Waals surface area contributed by atoms with E-state index in [9.17, 15) is 32.7 Å². The number of amides is 2. The van der Waals surface area contributed by atoms with Gasteiger partial charge in [-0.2, -0.15) is 18.3 Å². The molecule has 0 spiro atoms. The average Bonchev–Trinajstić information content (AvgIpc) is 3.42. The Kier molecular flexibility index (Phi) is 10.6. The SMILES string of the molecule is CC(C)(C)OC(=O)NCCCNC(=O)c1ccc(-c2cc(C(=O)O)cc(/C(=C/Nc3ccc(C(F)(F)F)cc3)N=N)c2)s1. The van der Waals surface area contributed by atoms with Crippen molar-refractivity contribution in [2.75, 3.05) is 18.4 Å². The van der Waals surface area contributed by atoms with Crippen molar-refractivity contribution in [3.05, 3.63) is 82.4 Å². The van der Waals surface area contributed by atoms with Gasteiger partial charge in [0.1, 0.15) is 11.3 Å². The first-order valence-corrected chi connectivity index (χ1v) is 13.7. The summed E-state index contributed by atoms with van der Waals surface area (Å²) in [5.41, 5.74) is 7.13. The summed E-state index contributed by atoms with van der Waals surface area (Å²) in [7, 11) is 0. The van der Waals surface area contributed by atoms with Gasteiger partial charge in [0.2, 0.25) is 0 Å². The van der Waals surface area contributed by atoms with E-state index in [0.29, 0.717) is 40.5 Å². The van der Waals surface area contributed by atoms with Crippen LogP contribution in [-0.2, 0) is 10.9 Å². The Morgan fingerprint density at radius 3 is 2.23 bits per heavy atom. The van der Waals surface area contributed by atoms with Gasteiger partial charge in [0, 0.05) is 35.4 Å². The standard InChI is InChI=1S/C29H30F3N5O5S/c1-28(2,3)42-27(41)35-12-4-11-34-25(38)24-10-9-23(43-24)18-13-17(14-19(15-18)26(39)40)22(37-33)16-36-21-7-5-20(6-8-21)29(30,31)32/h5-10,13-16,33,36H,4,11-12H2,1-3H3,(H,34,38)(H,35,41)(H,39,40)/b22-16-,37-33?. The van der Waals surface area contributed by atoms with Gasteiger partial charge in [0.15, 0.2) is 0 Å². The van der Waals surface area contributed by atoms with Crippen molar-refractivity contribution >= 4 is 40.7 Å². The molecule has 43 heavy (non-hydrogen) atoms. The number of ether oxygens (including phenoxy) is 1. The Labute approximate surface area is 249 Å². The second-order valence-corrected chi connectivity index (χ2v) is 11.3. The predicted octanol–water partition coefficient (Wildman–Crippen LogP) is 7.22. The molecule has 0 saturated heterocycles. The molecular weight excluding hydrogens is 587 g/mol. The van der Waals surface area contributed by atoms with Crippen LogP contribution in [0.25, 0.3) is 16.1 Å². The molecule has 3 aromatic rings. The van der Waals surface area contributed by atoms with E-state index in [-0.39, 0.29) is 22.7 Å². The molecule has 2 amide bonds. The first-order valence-electron chi connectivity index (χ1n) is 12.9. The number of carboxylic acids is 1. The van der Waals surface area contributed by atoms with Gasteiger partial charge in [-0.25, -0.2) is 15.1 Å². The highest BCUT2D eigenvalue weighted by Gasteiger charge is 2.29. The van der Waals surface area contributed by atoms with Crippen LogP contribution in [0.3, 0.4) is 0 Å². The van der Waals surface area contributed by atoms with Crippen molar-refractivity contribution in [1.82, 2.24) is 10.6 Å². The van der Waals surface area contributed by atoms with Gasteiger partial charge in [-0.3, -0.25) is 4.79 Å². The molecule has 0 radical (unpaired) electrons. The predicted molar refractivity (Wildman–Crippen MR) is 156 cm³/mol. The lowest BCUT2D eigenvalue weighted by atomic mass is 10.0. The molecule has 14 heteroatoms. The van der Waals surface area contributed by atoms with Crippen LogP contribution < -0.4 is 16.0 Å². The van der Waals surface area contributed by atoms with E-state index in [2.05, 4.69) is 21.1 Å². The molecule has 3 rings (SSSR count). The van der Waals surface area contributed by atoms with Crippen molar-refractivity contribution in [2.45, 2.75) is 39.0 Å². The number of halogens is 3. The average molecular weight is 618 g/mol. The van der Waals surface area contributed by atoms with E-state index < -0.39 is 29.4 Å². The second kappa shape index (κ2) is 14.0. The van der Waals surface area contributed by atoms with Crippen LogP contribution >= 0.6 is 11.3 Å². The normalized spacial score (nSPS) is 11.9. The summed E-state index contributed by atoms with van der Waals surface area (Å²) in [6.45, 7) is 5.87. The number of carbonyl (C=O) groups excluding carboxylic acids is 2. The minimum Gasteiger partial charge on any atom is -0.478 e. The number of nitrogens with one attached hydrogen (secondary N) is 4. The molecule has 0 fully saturated rings. The molecule has 1 heterocycles. The zero-order chi connectivity index (χ0) is 31.8. The number of carbonyl (C=O) groups is 3. The van der Waals surface area contributed by atoms with E-state index in [4.69, 9.17) is 10.3 Å². The van der Waals surface area contributed by atoms with Gasteiger partial charge in [0.05, 0.1) is 16.0 Å². The third kappa shape index (κ3) is 9.95. The topological polar surface area (TPSA) is 153 Å². The zero-order valence-corrected chi connectivity index (χ0v) is 24.3.